The lowest BCUT2D eigenvalue weighted by Crippen LogP contribution is -1.93. The van der Waals surface area contributed by atoms with Crippen molar-refractivity contribution in [3.8, 4) is 17.2 Å². The summed E-state index contributed by atoms with van der Waals surface area (Å²) in [5, 5.41) is 0. The monoisotopic (exact) mass is 284 g/mol. The highest BCUT2D eigenvalue weighted by Gasteiger charge is 2.07. The summed E-state index contributed by atoms with van der Waals surface area (Å²) in [6.07, 6.45) is 4.11. The molecular weight excluding hydrogens is 264 g/mol. The first-order chi connectivity index (χ1) is 10.2. The van der Waals surface area contributed by atoms with Crippen molar-refractivity contribution >= 4 is 12.2 Å². The van der Waals surface area contributed by atoms with Gasteiger partial charge in [0.25, 0.3) is 0 Å². The first-order valence-electron chi connectivity index (χ1n) is 6.72. The van der Waals surface area contributed by atoms with E-state index in [4.69, 9.17) is 14.2 Å². The van der Waals surface area contributed by atoms with Crippen LogP contribution >= 0.6 is 0 Å². The van der Waals surface area contributed by atoms with Gasteiger partial charge < -0.3 is 14.2 Å². The van der Waals surface area contributed by atoms with Crippen molar-refractivity contribution < 1.29 is 14.2 Å². The van der Waals surface area contributed by atoms with Crippen LogP contribution in [0.5, 0.6) is 17.2 Å². The maximum absolute atomic E-state index is 5.36. The van der Waals surface area contributed by atoms with E-state index in [1.54, 1.807) is 21.3 Å². The lowest BCUT2D eigenvalue weighted by molar-refractivity contribution is 0.353. The number of benzene rings is 2. The molecule has 0 aliphatic heterocycles. The van der Waals surface area contributed by atoms with E-state index >= 15 is 0 Å². The molecule has 2 aromatic carbocycles. The second-order valence-corrected chi connectivity index (χ2v) is 4.68. The zero-order valence-corrected chi connectivity index (χ0v) is 12.8. The molecule has 0 bridgehead atoms. The van der Waals surface area contributed by atoms with Gasteiger partial charge in [0.2, 0.25) is 0 Å². The van der Waals surface area contributed by atoms with Crippen molar-refractivity contribution in [2.75, 3.05) is 21.3 Å². The summed E-state index contributed by atoms with van der Waals surface area (Å²) in [6.45, 7) is 2.01. The molecule has 0 aliphatic carbocycles. The molecule has 0 aromatic heterocycles. The minimum atomic E-state index is 0.742. The van der Waals surface area contributed by atoms with Crippen molar-refractivity contribution in [2.45, 2.75) is 6.92 Å². The molecule has 110 valence electrons. The van der Waals surface area contributed by atoms with Crippen LogP contribution in [0.1, 0.15) is 16.7 Å². The average molecular weight is 284 g/mol. The molecule has 0 unspecified atom stereocenters. The van der Waals surface area contributed by atoms with Gasteiger partial charge >= 0.3 is 0 Å². The minimum absolute atomic E-state index is 0.742. The van der Waals surface area contributed by atoms with Crippen LogP contribution in [0, 0.1) is 6.92 Å². The third-order valence-corrected chi connectivity index (χ3v) is 3.27. The molecule has 0 amide bonds. The van der Waals surface area contributed by atoms with Crippen LogP contribution in [-0.2, 0) is 0 Å². The summed E-state index contributed by atoms with van der Waals surface area (Å²) in [6, 6.07) is 12.0. The van der Waals surface area contributed by atoms with E-state index in [-0.39, 0.29) is 0 Å². The van der Waals surface area contributed by atoms with Crippen LogP contribution in [0.25, 0.3) is 12.2 Å². The molecule has 3 nitrogen and oxygen atoms in total. The number of aryl methyl sites for hydroxylation is 1. The molecule has 0 aliphatic rings. The van der Waals surface area contributed by atoms with Gasteiger partial charge in [0.1, 0.15) is 5.75 Å². The first-order valence-corrected chi connectivity index (χ1v) is 6.72. The quantitative estimate of drug-likeness (QED) is 0.770. The Morgan fingerprint density at radius 2 is 1.43 bits per heavy atom. The Kier molecular flexibility index (Phi) is 4.88. The van der Waals surface area contributed by atoms with E-state index in [1.165, 1.54) is 0 Å². The molecule has 0 N–H and O–H groups in total. The highest BCUT2D eigenvalue weighted by Crippen LogP contribution is 2.32. The van der Waals surface area contributed by atoms with Gasteiger partial charge in [-0.1, -0.05) is 24.3 Å². The predicted octanol–water partition coefficient (Wildman–Crippen LogP) is 4.19. The Labute approximate surface area is 125 Å². The lowest BCUT2D eigenvalue weighted by Gasteiger charge is -2.11. The summed E-state index contributed by atoms with van der Waals surface area (Å²) in [5.41, 5.74) is 3.23. The van der Waals surface area contributed by atoms with Crippen molar-refractivity contribution in [1.82, 2.24) is 0 Å². The Bertz CT molecular complexity index is 628. The van der Waals surface area contributed by atoms with Crippen molar-refractivity contribution in [1.29, 1.82) is 0 Å². The van der Waals surface area contributed by atoms with Crippen LogP contribution in [0.4, 0.5) is 0 Å². The number of rotatable bonds is 5. The zero-order chi connectivity index (χ0) is 15.2. The topological polar surface area (TPSA) is 27.7 Å². The largest absolute Gasteiger partial charge is 0.497 e. The van der Waals surface area contributed by atoms with E-state index in [0.717, 1.165) is 33.9 Å². The van der Waals surface area contributed by atoms with E-state index in [0.29, 0.717) is 0 Å². The number of hydrogen-bond donors (Lipinski definition) is 0. The molecule has 0 fully saturated rings. The van der Waals surface area contributed by atoms with Gasteiger partial charge in [-0.15, -0.1) is 0 Å². The minimum Gasteiger partial charge on any atom is -0.497 e. The molecule has 21 heavy (non-hydrogen) atoms. The van der Waals surface area contributed by atoms with E-state index in [9.17, 15) is 0 Å². The van der Waals surface area contributed by atoms with Gasteiger partial charge in [-0.05, 0) is 47.9 Å². The maximum atomic E-state index is 5.36. The standard InChI is InChI=1S/C18H20O3/c1-13-11-15(12-17(20-3)18(13)21-4)6-5-14-7-9-16(19-2)10-8-14/h5-12H,1-4H3/b6-5+. The smallest absolute Gasteiger partial charge is 0.163 e. The fraction of sp³-hybridized carbons (Fsp3) is 0.222. The first kappa shape index (κ1) is 15.0. The van der Waals surface area contributed by atoms with E-state index < -0.39 is 0 Å². The van der Waals surface area contributed by atoms with Gasteiger partial charge in [0, 0.05) is 0 Å². The summed E-state index contributed by atoms with van der Waals surface area (Å²) < 4.78 is 15.9. The van der Waals surface area contributed by atoms with Crippen LogP contribution in [0.2, 0.25) is 0 Å². The van der Waals surface area contributed by atoms with E-state index in [2.05, 4.69) is 18.2 Å². The summed E-state index contributed by atoms with van der Waals surface area (Å²) in [4.78, 5) is 0. The second kappa shape index (κ2) is 6.84. The van der Waals surface area contributed by atoms with Gasteiger partial charge in [-0.25, -0.2) is 0 Å². The lowest BCUT2D eigenvalue weighted by atomic mass is 10.1. The Hall–Kier alpha value is -2.42. The average Bonchev–Trinajstić information content (AvgIpc) is 2.52. The third-order valence-electron chi connectivity index (χ3n) is 3.27. The van der Waals surface area contributed by atoms with Gasteiger partial charge in [0.15, 0.2) is 11.5 Å². The van der Waals surface area contributed by atoms with Gasteiger partial charge in [-0.2, -0.15) is 0 Å². The second-order valence-electron chi connectivity index (χ2n) is 4.68. The molecule has 0 atom stereocenters. The third kappa shape index (κ3) is 3.57. The van der Waals surface area contributed by atoms with Crippen molar-refractivity contribution in [3.63, 3.8) is 0 Å². The van der Waals surface area contributed by atoms with Crippen LogP contribution < -0.4 is 14.2 Å². The van der Waals surface area contributed by atoms with Gasteiger partial charge in [0.05, 0.1) is 21.3 Å². The fourth-order valence-electron chi connectivity index (χ4n) is 2.19. The summed E-state index contributed by atoms with van der Waals surface area (Å²) in [5.74, 6) is 2.38. The Morgan fingerprint density at radius 1 is 0.762 bits per heavy atom. The molecule has 2 rings (SSSR count). The SMILES string of the molecule is COc1ccc(/C=C/c2cc(C)c(OC)c(OC)c2)cc1. The van der Waals surface area contributed by atoms with E-state index in [1.807, 2.05) is 37.3 Å². The normalized spacial score (nSPS) is 10.7. The molecular formula is C18H20O3. The van der Waals surface area contributed by atoms with Crippen molar-refractivity contribution in [2.24, 2.45) is 0 Å². The molecule has 0 radical (unpaired) electrons. The van der Waals surface area contributed by atoms with Crippen LogP contribution in [0.3, 0.4) is 0 Å². The zero-order valence-electron chi connectivity index (χ0n) is 12.8. The van der Waals surface area contributed by atoms with Crippen LogP contribution in [-0.4, -0.2) is 21.3 Å². The number of methoxy groups -OCH3 is 3. The molecule has 0 spiro atoms. The molecule has 0 saturated carbocycles. The summed E-state index contributed by atoms with van der Waals surface area (Å²) >= 11 is 0. The molecule has 0 saturated heterocycles. The predicted molar refractivity (Wildman–Crippen MR) is 86.2 cm³/mol. The van der Waals surface area contributed by atoms with Crippen molar-refractivity contribution in [3.05, 3.63) is 53.1 Å². The summed E-state index contributed by atoms with van der Waals surface area (Å²) in [7, 11) is 4.96. The molecule has 2 aromatic rings. The van der Waals surface area contributed by atoms with Gasteiger partial charge in [-0.3, -0.25) is 0 Å². The number of ether oxygens (including phenoxy) is 3. The highest BCUT2D eigenvalue weighted by molar-refractivity contribution is 5.72. The fourth-order valence-corrected chi connectivity index (χ4v) is 2.19. The maximum Gasteiger partial charge on any atom is 0.163 e. The molecule has 0 heterocycles. The Balaban J connectivity index is 2.25. The Morgan fingerprint density at radius 3 is 2.00 bits per heavy atom. The highest BCUT2D eigenvalue weighted by atomic mass is 16.5. The number of hydrogen-bond acceptors (Lipinski definition) is 3. The van der Waals surface area contributed by atoms with Crippen LogP contribution in [0.15, 0.2) is 36.4 Å². The molecule has 3 heteroatoms.